The molecular weight excluding hydrogens is 346 g/mol. The van der Waals surface area contributed by atoms with E-state index in [1.165, 1.54) is 17.3 Å². The van der Waals surface area contributed by atoms with E-state index < -0.39 is 0 Å². The van der Waals surface area contributed by atoms with Crippen molar-refractivity contribution in [3.8, 4) is 5.69 Å². The van der Waals surface area contributed by atoms with Gasteiger partial charge in [-0.25, -0.2) is 0 Å². The van der Waals surface area contributed by atoms with Gasteiger partial charge in [-0.05, 0) is 47.0 Å². The fraction of sp³-hybridized carbons (Fsp3) is 0.263. The number of thioether (sulfide) groups is 1. The van der Waals surface area contributed by atoms with Crippen molar-refractivity contribution in [3.05, 3.63) is 60.2 Å². The second-order valence-electron chi connectivity index (χ2n) is 6.08. The maximum atomic E-state index is 12.7. The summed E-state index contributed by atoms with van der Waals surface area (Å²) in [6.45, 7) is 0.794. The number of carbonyl (C=O) groups is 1. The van der Waals surface area contributed by atoms with E-state index in [9.17, 15) is 4.79 Å². The number of benzene rings is 2. The van der Waals surface area contributed by atoms with Crippen LogP contribution in [0.1, 0.15) is 18.4 Å². The Hall–Kier alpha value is -2.67. The Morgan fingerprint density at radius 1 is 1.08 bits per heavy atom. The topological polar surface area (TPSA) is 63.9 Å². The molecule has 0 saturated heterocycles. The van der Waals surface area contributed by atoms with Crippen LogP contribution < -0.4 is 4.90 Å². The number of tetrazole rings is 1. The molecule has 7 heteroatoms. The molecule has 0 aliphatic carbocycles. The van der Waals surface area contributed by atoms with Crippen molar-refractivity contribution in [2.45, 2.75) is 24.4 Å². The fourth-order valence-corrected chi connectivity index (χ4v) is 3.98. The van der Waals surface area contributed by atoms with E-state index in [4.69, 9.17) is 0 Å². The Balaban J connectivity index is 1.39. The molecule has 0 bridgehead atoms. The van der Waals surface area contributed by atoms with Crippen LogP contribution >= 0.6 is 11.8 Å². The highest BCUT2D eigenvalue weighted by Crippen LogP contribution is 2.28. The monoisotopic (exact) mass is 365 g/mol. The van der Waals surface area contributed by atoms with Gasteiger partial charge in [0.15, 0.2) is 0 Å². The Morgan fingerprint density at radius 3 is 2.77 bits per heavy atom. The number of hydrogen-bond donors (Lipinski definition) is 0. The molecule has 4 rings (SSSR count). The lowest BCUT2D eigenvalue weighted by atomic mass is 10.0. The molecule has 0 spiro atoms. The highest BCUT2D eigenvalue weighted by Gasteiger charge is 2.22. The summed E-state index contributed by atoms with van der Waals surface area (Å²) in [6, 6.07) is 17.9. The summed E-state index contributed by atoms with van der Waals surface area (Å²) < 4.78 is 1.70. The van der Waals surface area contributed by atoms with Gasteiger partial charge in [-0.1, -0.05) is 48.2 Å². The summed E-state index contributed by atoms with van der Waals surface area (Å²) in [7, 11) is 0. The number of rotatable bonds is 5. The number of carbonyl (C=O) groups excluding carboxylic acids is 1. The molecule has 0 unspecified atom stereocenters. The zero-order chi connectivity index (χ0) is 17.8. The van der Waals surface area contributed by atoms with Crippen LogP contribution in [0.2, 0.25) is 0 Å². The Morgan fingerprint density at radius 2 is 1.88 bits per heavy atom. The van der Waals surface area contributed by atoms with E-state index in [0.29, 0.717) is 17.3 Å². The molecule has 0 radical (unpaired) electrons. The summed E-state index contributed by atoms with van der Waals surface area (Å²) in [4.78, 5) is 14.6. The predicted molar refractivity (Wildman–Crippen MR) is 102 cm³/mol. The molecule has 3 aromatic rings. The number of fused-ring (bicyclic) bond motifs is 1. The number of aromatic nitrogens is 4. The average Bonchev–Trinajstić information content (AvgIpc) is 3.16. The lowest BCUT2D eigenvalue weighted by Crippen LogP contribution is -2.35. The predicted octanol–water partition coefficient (Wildman–Crippen LogP) is 3.12. The van der Waals surface area contributed by atoms with Crippen molar-refractivity contribution >= 4 is 23.4 Å². The van der Waals surface area contributed by atoms with Crippen LogP contribution in [-0.4, -0.2) is 38.4 Å². The zero-order valence-electron chi connectivity index (χ0n) is 14.3. The maximum Gasteiger partial charge on any atom is 0.227 e. The fourth-order valence-electron chi connectivity index (χ4n) is 3.16. The third kappa shape index (κ3) is 3.48. The molecule has 1 aliphatic heterocycles. The van der Waals surface area contributed by atoms with Crippen LogP contribution in [0.3, 0.4) is 0 Å². The number of aryl methyl sites for hydroxylation is 1. The molecule has 1 aliphatic rings. The molecule has 26 heavy (non-hydrogen) atoms. The highest BCUT2D eigenvalue weighted by atomic mass is 32.2. The first kappa shape index (κ1) is 16.8. The Bertz CT molecular complexity index is 896. The van der Waals surface area contributed by atoms with Crippen LogP contribution in [0.4, 0.5) is 5.69 Å². The summed E-state index contributed by atoms with van der Waals surface area (Å²) in [5, 5.41) is 12.6. The van der Waals surface area contributed by atoms with Gasteiger partial charge in [-0.2, -0.15) is 4.68 Å². The first-order valence-corrected chi connectivity index (χ1v) is 9.66. The normalized spacial score (nSPS) is 13.5. The largest absolute Gasteiger partial charge is 0.312 e. The molecule has 132 valence electrons. The van der Waals surface area contributed by atoms with Gasteiger partial charge >= 0.3 is 0 Å². The van der Waals surface area contributed by atoms with Crippen molar-refractivity contribution in [2.75, 3.05) is 17.2 Å². The minimum absolute atomic E-state index is 0.156. The van der Waals surface area contributed by atoms with Gasteiger partial charge in [0, 0.05) is 24.4 Å². The number of para-hydroxylation sites is 2. The first-order valence-electron chi connectivity index (χ1n) is 8.68. The number of amides is 1. The van der Waals surface area contributed by atoms with Crippen LogP contribution in [0.25, 0.3) is 5.69 Å². The van der Waals surface area contributed by atoms with Gasteiger partial charge in [-0.3, -0.25) is 4.79 Å². The number of hydrogen-bond acceptors (Lipinski definition) is 5. The van der Waals surface area contributed by atoms with E-state index in [2.05, 4.69) is 21.6 Å². The molecule has 0 fully saturated rings. The number of nitrogens with zero attached hydrogens (tertiary/aromatic N) is 5. The van der Waals surface area contributed by atoms with Crippen molar-refractivity contribution in [1.29, 1.82) is 0 Å². The van der Waals surface area contributed by atoms with Crippen LogP contribution in [0.5, 0.6) is 0 Å². The van der Waals surface area contributed by atoms with Gasteiger partial charge in [0.2, 0.25) is 11.1 Å². The molecule has 0 N–H and O–H groups in total. The summed E-state index contributed by atoms with van der Waals surface area (Å²) in [5.41, 5.74) is 3.23. The lowest BCUT2D eigenvalue weighted by molar-refractivity contribution is -0.118. The molecular formula is C19H19N5OS. The van der Waals surface area contributed by atoms with Crippen molar-refractivity contribution in [1.82, 2.24) is 20.2 Å². The van der Waals surface area contributed by atoms with Gasteiger partial charge < -0.3 is 4.90 Å². The summed E-state index contributed by atoms with van der Waals surface area (Å²) in [6.07, 6.45) is 2.52. The summed E-state index contributed by atoms with van der Waals surface area (Å²) >= 11 is 1.50. The van der Waals surface area contributed by atoms with Crippen LogP contribution in [0, 0.1) is 0 Å². The number of anilines is 1. The molecule has 1 aromatic heterocycles. The standard InChI is InChI=1S/C19H19N5OS/c25-18(23-13-6-8-15-7-4-5-11-17(15)23)12-14-26-19-20-21-22-24(19)16-9-2-1-3-10-16/h1-5,7,9-11H,6,8,12-14H2. The van der Waals surface area contributed by atoms with Crippen molar-refractivity contribution in [3.63, 3.8) is 0 Å². The lowest BCUT2D eigenvalue weighted by Gasteiger charge is -2.29. The molecule has 2 heterocycles. The van der Waals surface area contributed by atoms with Crippen molar-refractivity contribution < 1.29 is 4.79 Å². The smallest absolute Gasteiger partial charge is 0.227 e. The van der Waals surface area contributed by atoms with Gasteiger partial charge in [0.25, 0.3) is 0 Å². The maximum absolute atomic E-state index is 12.7. The van der Waals surface area contributed by atoms with Crippen molar-refractivity contribution in [2.24, 2.45) is 0 Å². The molecule has 0 saturated carbocycles. The van der Waals surface area contributed by atoms with E-state index in [0.717, 1.165) is 30.8 Å². The second-order valence-corrected chi connectivity index (χ2v) is 7.15. The van der Waals surface area contributed by atoms with Crippen LogP contribution in [-0.2, 0) is 11.2 Å². The van der Waals surface area contributed by atoms with Gasteiger partial charge in [-0.15, -0.1) is 5.10 Å². The molecule has 2 aromatic carbocycles. The average molecular weight is 365 g/mol. The molecule has 6 nitrogen and oxygen atoms in total. The van der Waals surface area contributed by atoms with E-state index in [1.807, 2.05) is 53.4 Å². The third-order valence-corrected chi connectivity index (χ3v) is 5.32. The highest BCUT2D eigenvalue weighted by molar-refractivity contribution is 7.99. The molecule has 1 amide bonds. The summed E-state index contributed by atoms with van der Waals surface area (Å²) in [5.74, 6) is 0.799. The quantitative estimate of drug-likeness (QED) is 0.650. The minimum atomic E-state index is 0.156. The first-order chi connectivity index (χ1) is 12.8. The van der Waals surface area contributed by atoms with Gasteiger partial charge in [0.1, 0.15) is 0 Å². The van der Waals surface area contributed by atoms with E-state index >= 15 is 0 Å². The Kier molecular flexibility index (Phi) is 4.97. The molecule has 0 atom stereocenters. The zero-order valence-corrected chi connectivity index (χ0v) is 15.1. The Labute approximate surface area is 156 Å². The second kappa shape index (κ2) is 7.70. The third-order valence-electron chi connectivity index (χ3n) is 4.40. The van der Waals surface area contributed by atoms with Gasteiger partial charge in [0.05, 0.1) is 5.69 Å². The van der Waals surface area contributed by atoms with E-state index in [-0.39, 0.29) is 5.91 Å². The minimum Gasteiger partial charge on any atom is -0.312 e. The SMILES string of the molecule is O=C(CCSc1nnnn1-c1ccccc1)N1CCCc2ccccc21. The van der Waals surface area contributed by atoms with E-state index in [1.54, 1.807) is 4.68 Å². The van der Waals surface area contributed by atoms with Crippen LogP contribution in [0.15, 0.2) is 59.8 Å².